The Kier molecular flexibility index (Phi) is 6.56. The van der Waals surface area contributed by atoms with Crippen LogP contribution in [0, 0.1) is 6.92 Å². The lowest BCUT2D eigenvalue weighted by molar-refractivity contribution is 0.0821. The van der Waals surface area contributed by atoms with Crippen LogP contribution in [-0.2, 0) is 0 Å². The Bertz CT molecular complexity index is 997. The summed E-state index contributed by atoms with van der Waals surface area (Å²) in [4.78, 5) is 17.6. The zero-order valence-electron chi connectivity index (χ0n) is 16.9. The molecule has 0 saturated carbocycles. The van der Waals surface area contributed by atoms with Gasteiger partial charge in [0.25, 0.3) is 5.91 Å². The minimum atomic E-state index is -0.247. The maximum absolute atomic E-state index is 12.9. The average molecular weight is 412 g/mol. The summed E-state index contributed by atoms with van der Waals surface area (Å²) in [6.45, 7) is 4.77. The van der Waals surface area contributed by atoms with Gasteiger partial charge in [-0.3, -0.25) is 14.8 Å². The first-order chi connectivity index (χ1) is 13.9. The molecule has 29 heavy (non-hydrogen) atoms. The molecule has 1 amide bonds. The first kappa shape index (κ1) is 20.9. The van der Waals surface area contributed by atoms with Gasteiger partial charge in [0.15, 0.2) is 5.69 Å². The second kappa shape index (κ2) is 9.11. The van der Waals surface area contributed by atoms with Gasteiger partial charge >= 0.3 is 0 Å². The van der Waals surface area contributed by atoms with Crippen molar-refractivity contribution in [1.82, 2.24) is 20.0 Å². The Morgan fingerprint density at radius 1 is 1.21 bits per heavy atom. The fraction of sp³-hybridized carbons (Fsp3) is 0.273. The largest absolute Gasteiger partial charge is 0.399 e. The molecule has 0 atom stereocenters. The molecule has 3 N–H and O–H groups in total. The van der Waals surface area contributed by atoms with Crippen LogP contribution in [0.15, 0.2) is 48.5 Å². The minimum Gasteiger partial charge on any atom is -0.399 e. The molecule has 1 aromatic heterocycles. The number of rotatable bonds is 7. The van der Waals surface area contributed by atoms with Crippen LogP contribution < -0.4 is 11.2 Å². The van der Waals surface area contributed by atoms with Gasteiger partial charge in [-0.1, -0.05) is 37.1 Å². The smallest absolute Gasteiger partial charge is 0.286 e. The number of benzene rings is 2. The number of hydrogen-bond acceptors (Lipinski definition) is 4. The van der Waals surface area contributed by atoms with E-state index < -0.39 is 0 Å². The van der Waals surface area contributed by atoms with Crippen LogP contribution >= 0.6 is 11.6 Å². The number of amides is 1. The highest BCUT2D eigenvalue weighted by Crippen LogP contribution is 2.31. The van der Waals surface area contributed by atoms with Crippen LogP contribution in [0.5, 0.6) is 0 Å². The van der Waals surface area contributed by atoms with E-state index in [0.29, 0.717) is 22.2 Å². The Morgan fingerprint density at radius 2 is 1.90 bits per heavy atom. The summed E-state index contributed by atoms with van der Waals surface area (Å²) in [7, 11) is 1.86. The molecular formula is C22H26ClN5O. The van der Waals surface area contributed by atoms with E-state index in [1.54, 1.807) is 5.01 Å². The van der Waals surface area contributed by atoms with E-state index in [2.05, 4.69) is 17.3 Å². The highest BCUT2D eigenvalue weighted by Gasteiger charge is 2.23. The molecule has 0 aliphatic carbocycles. The molecule has 152 valence electrons. The molecule has 0 bridgehead atoms. The van der Waals surface area contributed by atoms with Crippen molar-refractivity contribution in [2.45, 2.75) is 26.7 Å². The normalized spacial score (nSPS) is 11.1. The molecule has 3 rings (SSSR count). The Labute approximate surface area is 176 Å². The summed E-state index contributed by atoms with van der Waals surface area (Å²) in [6, 6.07) is 14.9. The number of carbonyl (C=O) groups excluding carboxylic acids is 1. The monoisotopic (exact) mass is 411 g/mol. The Hall–Kier alpha value is -2.83. The number of hydrazine groups is 1. The molecule has 1 heterocycles. The maximum atomic E-state index is 12.9. The number of nitrogens with zero attached hydrogens (tertiary/aromatic N) is 3. The summed E-state index contributed by atoms with van der Waals surface area (Å²) < 4.78 is 1.93. The molecule has 0 aliphatic rings. The van der Waals surface area contributed by atoms with Crippen LogP contribution in [-0.4, -0.2) is 34.1 Å². The van der Waals surface area contributed by atoms with Crippen molar-refractivity contribution in [3.63, 3.8) is 0 Å². The third-order valence-corrected chi connectivity index (χ3v) is 5.06. The SMILES string of the molecule is CCCCN(C)NC(=O)c1nc(-c2ccccc2Cl)n(-c2ccc(N)cc2)c1C. The molecule has 6 nitrogen and oxygen atoms in total. The fourth-order valence-corrected chi connectivity index (χ4v) is 3.38. The molecule has 0 spiro atoms. The molecule has 0 aliphatic heterocycles. The van der Waals surface area contributed by atoms with Gasteiger partial charge in [-0.2, -0.15) is 0 Å². The molecular weight excluding hydrogens is 386 g/mol. The number of hydrogen-bond donors (Lipinski definition) is 2. The van der Waals surface area contributed by atoms with Crippen molar-refractivity contribution in [2.75, 3.05) is 19.3 Å². The topological polar surface area (TPSA) is 76.2 Å². The number of aromatic nitrogens is 2. The molecule has 7 heteroatoms. The first-order valence-corrected chi connectivity index (χ1v) is 10.0. The van der Waals surface area contributed by atoms with Gasteiger partial charge < -0.3 is 5.73 Å². The van der Waals surface area contributed by atoms with Crippen LogP contribution in [0.4, 0.5) is 5.69 Å². The predicted molar refractivity (Wildman–Crippen MR) is 118 cm³/mol. The van der Waals surface area contributed by atoms with Gasteiger partial charge in [0.2, 0.25) is 0 Å². The highest BCUT2D eigenvalue weighted by molar-refractivity contribution is 6.33. The van der Waals surface area contributed by atoms with Gasteiger partial charge in [-0.25, -0.2) is 9.99 Å². The van der Waals surface area contributed by atoms with Crippen molar-refractivity contribution in [3.8, 4) is 17.1 Å². The zero-order chi connectivity index (χ0) is 21.0. The zero-order valence-corrected chi connectivity index (χ0v) is 17.7. The van der Waals surface area contributed by atoms with E-state index in [1.165, 1.54) is 0 Å². The molecule has 0 unspecified atom stereocenters. The quantitative estimate of drug-likeness (QED) is 0.444. The third kappa shape index (κ3) is 4.60. The highest BCUT2D eigenvalue weighted by atomic mass is 35.5. The van der Waals surface area contributed by atoms with Crippen LogP contribution in [0.3, 0.4) is 0 Å². The van der Waals surface area contributed by atoms with Crippen molar-refractivity contribution < 1.29 is 4.79 Å². The third-order valence-electron chi connectivity index (χ3n) is 4.73. The van der Waals surface area contributed by atoms with Crippen LogP contribution in [0.1, 0.15) is 35.9 Å². The summed E-state index contributed by atoms with van der Waals surface area (Å²) in [5.41, 5.74) is 12.1. The van der Waals surface area contributed by atoms with E-state index in [-0.39, 0.29) is 5.91 Å². The number of imidazole rings is 1. The summed E-state index contributed by atoms with van der Waals surface area (Å²) in [6.07, 6.45) is 2.06. The second-order valence-corrected chi connectivity index (χ2v) is 7.40. The average Bonchev–Trinajstić information content (AvgIpc) is 3.04. The van der Waals surface area contributed by atoms with Gasteiger partial charge in [0, 0.05) is 30.5 Å². The van der Waals surface area contributed by atoms with Gasteiger partial charge in [-0.05, 0) is 49.7 Å². The van der Waals surface area contributed by atoms with Crippen molar-refractivity contribution in [2.24, 2.45) is 0 Å². The summed E-state index contributed by atoms with van der Waals surface area (Å²) in [5, 5.41) is 2.36. The Balaban J connectivity index is 2.08. The Morgan fingerprint density at radius 3 is 2.55 bits per heavy atom. The van der Waals surface area contributed by atoms with Gasteiger partial charge in [0.1, 0.15) is 5.82 Å². The predicted octanol–water partition coefficient (Wildman–Crippen LogP) is 4.46. The standard InChI is InChI=1S/C22H26ClN5O/c1-4-5-14-27(3)26-22(29)20-15(2)28(17-12-10-16(24)11-13-17)21(25-20)18-8-6-7-9-19(18)23/h6-13H,4-5,14,24H2,1-3H3,(H,26,29). The summed E-state index contributed by atoms with van der Waals surface area (Å²) in [5.74, 6) is 0.364. The lowest BCUT2D eigenvalue weighted by atomic mass is 10.2. The van der Waals surface area contributed by atoms with Gasteiger partial charge in [-0.15, -0.1) is 0 Å². The van der Waals surface area contributed by atoms with E-state index in [1.807, 2.05) is 67.1 Å². The van der Waals surface area contributed by atoms with Crippen LogP contribution in [0.25, 0.3) is 17.1 Å². The molecule has 2 aromatic carbocycles. The number of nitrogens with two attached hydrogens (primary N) is 1. The number of anilines is 1. The lowest BCUT2D eigenvalue weighted by Crippen LogP contribution is -2.40. The number of halogens is 1. The number of nitrogen functional groups attached to an aromatic ring is 1. The molecule has 0 fully saturated rings. The van der Waals surface area contributed by atoms with Crippen molar-refractivity contribution in [3.05, 3.63) is 64.9 Å². The number of carbonyl (C=O) groups is 1. The van der Waals surface area contributed by atoms with Crippen molar-refractivity contribution >= 4 is 23.2 Å². The minimum absolute atomic E-state index is 0.247. The molecule has 0 saturated heterocycles. The van der Waals surface area contributed by atoms with E-state index >= 15 is 0 Å². The number of nitrogens with one attached hydrogen (secondary N) is 1. The fourth-order valence-electron chi connectivity index (χ4n) is 3.16. The molecule has 0 radical (unpaired) electrons. The second-order valence-electron chi connectivity index (χ2n) is 6.99. The lowest BCUT2D eigenvalue weighted by Gasteiger charge is -2.17. The number of unbranched alkanes of at least 4 members (excludes halogenated alkanes) is 1. The first-order valence-electron chi connectivity index (χ1n) is 9.64. The van der Waals surface area contributed by atoms with Crippen LogP contribution in [0.2, 0.25) is 5.02 Å². The van der Waals surface area contributed by atoms with E-state index in [0.717, 1.165) is 36.3 Å². The van der Waals surface area contributed by atoms with E-state index in [9.17, 15) is 4.79 Å². The summed E-state index contributed by atoms with van der Waals surface area (Å²) >= 11 is 6.44. The van der Waals surface area contributed by atoms with E-state index in [4.69, 9.17) is 17.3 Å². The maximum Gasteiger partial charge on any atom is 0.286 e. The van der Waals surface area contributed by atoms with Crippen molar-refractivity contribution in [1.29, 1.82) is 0 Å². The van der Waals surface area contributed by atoms with Gasteiger partial charge in [0.05, 0.1) is 10.7 Å². The molecule has 3 aromatic rings.